The van der Waals surface area contributed by atoms with Gasteiger partial charge in [-0.3, -0.25) is 14.2 Å². The number of hydrogen-bond donors (Lipinski definition) is 1. The summed E-state index contributed by atoms with van der Waals surface area (Å²) in [7, 11) is 1.85. The van der Waals surface area contributed by atoms with Crippen molar-refractivity contribution in [3.8, 4) is 0 Å². The molecule has 1 N–H and O–H groups in total. The van der Waals surface area contributed by atoms with Crippen LogP contribution in [0, 0.1) is 6.92 Å². The topological polar surface area (TPSA) is 64.7 Å². The summed E-state index contributed by atoms with van der Waals surface area (Å²) in [6, 6.07) is 1.92. The molecule has 0 fully saturated rings. The first-order valence-electron chi connectivity index (χ1n) is 5.88. The summed E-state index contributed by atoms with van der Waals surface area (Å²) in [5, 5.41) is 11.1. The van der Waals surface area contributed by atoms with Crippen molar-refractivity contribution in [2.45, 2.75) is 26.4 Å². The highest BCUT2D eigenvalue weighted by Gasteiger charge is 2.03. The lowest BCUT2D eigenvalue weighted by Gasteiger charge is -2.03. The van der Waals surface area contributed by atoms with Crippen LogP contribution in [0.5, 0.6) is 0 Å². The van der Waals surface area contributed by atoms with Crippen LogP contribution in [0.4, 0.5) is 0 Å². The zero-order valence-corrected chi connectivity index (χ0v) is 10.6. The molecule has 0 saturated heterocycles. The van der Waals surface area contributed by atoms with Gasteiger partial charge in [-0.05, 0) is 13.0 Å². The number of rotatable bonds is 5. The van der Waals surface area contributed by atoms with Crippen LogP contribution in [0.2, 0.25) is 0 Å². The maximum atomic E-state index is 11.6. The van der Waals surface area contributed by atoms with E-state index in [0.717, 1.165) is 11.3 Å². The Balaban J connectivity index is 1.72. The number of nitrogens with zero attached hydrogens (tertiary/aromatic N) is 4. The molecule has 0 bridgehead atoms. The largest absolute Gasteiger partial charge is 0.352 e. The van der Waals surface area contributed by atoms with E-state index in [1.807, 2.05) is 32.4 Å². The molecular formula is C12H17N5O. The van der Waals surface area contributed by atoms with Crippen LogP contribution in [0.1, 0.15) is 17.7 Å². The van der Waals surface area contributed by atoms with Gasteiger partial charge in [0.2, 0.25) is 5.91 Å². The molecule has 6 nitrogen and oxygen atoms in total. The van der Waals surface area contributed by atoms with Gasteiger partial charge in [0.15, 0.2) is 0 Å². The highest BCUT2D eigenvalue weighted by Crippen LogP contribution is 1.97. The Kier molecular flexibility index (Phi) is 3.76. The van der Waals surface area contributed by atoms with Crippen LogP contribution in [-0.2, 0) is 24.9 Å². The molecule has 96 valence electrons. The Hall–Kier alpha value is -2.11. The predicted molar refractivity (Wildman–Crippen MR) is 66.6 cm³/mol. The third-order valence-electron chi connectivity index (χ3n) is 2.59. The van der Waals surface area contributed by atoms with Crippen molar-refractivity contribution in [3.05, 3.63) is 35.9 Å². The monoisotopic (exact) mass is 247 g/mol. The first-order valence-corrected chi connectivity index (χ1v) is 5.88. The van der Waals surface area contributed by atoms with Gasteiger partial charge in [-0.25, -0.2) is 0 Å². The van der Waals surface area contributed by atoms with Gasteiger partial charge in [0.25, 0.3) is 0 Å². The maximum absolute atomic E-state index is 11.6. The van der Waals surface area contributed by atoms with Crippen molar-refractivity contribution < 1.29 is 4.79 Å². The smallest absolute Gasteiger partial charge is 0.222 e. The summed E-state index contributed by atoms with van der Waals surface area (Å²) in [5.41, 5.74) is 1.96. The summed E-state index contributed by atoms with van der Waals surface area (Å²) in [4.78, 5) is 11.6. The molecule has 0 aromatic carbocycles. The summed E-state index contributed by atoms with van der Waals surface area (Å²) < 4.78 is 3.49. The van der Waals surface area contributed by atoms with E-state index >= 15 is 0 Å². The van der Waals surface area contributed by atoms with E-state index in [2.05, 4.69) is 15.5 Å². The highest BCUT2D eigenvalue weighted by molar-refractivity contribution is 5.75. The number of nitrogens with one attached hydrogen (secondary N) is 1. The van der Waals surface area contributed by atoms with E-state index in [1.54, 1.807) is 15.6 Å². The Labute approximate surface area is 106 Å². The van der Waals surface area contributed by atoms with Gasteiger partial charge in [-0.2, -0.15) is 10.2 Å². The van der Waals surface area contributed by atoms with Crippen molar-refractivity contribution in [2.24, 2.45) is 7.05 Å². The summed E-state index contributed by atoms with van der Waals surface area (Å²) >= 11 is 0. The molecule has 18 heavy (non-hydrogen) atoms. The molecule has 0 aliphatic carbocycles. The van der Waals surface area contributed by atoms with E-state index in [4.69, 9.17) is 0 Å². The average Bonchev–Trinajstić information content (AvgIpc) is 2.93. The van der Waals surface area contributed by atoms with Crippen molar-refractivity contribution in [3.63, 3.8) is 0 Å². The minimum Gasteiger partial charge on any atom is -0.352 e. The zero-order chi connectivity index (χ0) is 13.0. The molecule has 2 heterocycles. The Morgan fingerprint density at radius 1 is 1.50 bits per heavy atom. The fourth-order valence-corrected chi connectivity index (χ4v) is 1.66. The van der Waals surface area contributed by atoms with Crippen LogP contribution in [0.25, 0.3) is 0 Å². The molecule has 0 aliphatic rings. The first-order chi connectivity index (χ1) is 8.63. The van der Waals surface area contributed by atoms with Crippen molar-refractivity contribution in [1.82, 2.24) is 24.9 Å². The standard InChI is InChI=1S/C12H17N5O/c1-10-3-5-17(15-10)6-4-12(18)13-7-11-8-14-16(2)9-11/h3,5,8-9H,4,6-7H2,1-2H3,(H,13,18). The van der Waals surface area contributed by atoms with Gasteiger partial charge in [0, 0.05) is 44.5 Å². The molecule has 2 aromatic heterocycles. The van der Waals surface area contributed by atoms with Crippen molar-refractivity contribution in [1.29, 1.82) is 0 Å². The number of aryl methyl sites for hydroxylation is 3. The lowest BCUT2D eigenvalue weighted by atomic mass is 10.3. The minimum atomic E-state index is 0.0204. The molecule has 2 aromatic rings. The molecular weight excluding hydrogens is 230 g/mol. The van der Waals surface area contributed by atoms with Gasteiger partial charge in [0.05, 0.1) is 11.9 Å². The molecule has 0 saturated carbocycles. The van der Waals surface area contributed by atoms with Crippen LogP contribution in [-0.4, -0.2) is 25.5 Å². The normalized spacial score (nSPS) is 10.6. The molecule has 0 unspecified atom stereocenters. The van der Waals surface area contributed by atoms with Gasteiger partial charge in [-0.15, -0.1) is 0 Å². The third-order valence-corrected chi connectivity index (χ3v) is 2.59. The van der Waals surface area contributed by atoms with Crippen LogP contribution < -0.4 is 5.32 Å². The van der Waals surface area contributed by atoms with Crippen LogP contribution in [0.15, 0.2) is 24.7 Å². The van der Waals surface area contributed by atoms with E-state index in [0.29, 0.717) is 19.5 Å². The fourth-order valence-electron chi connectivity index (χ4n) is 1.66. The van der Waals surface area contributed by atoms with Crippen molar-refractivity contribution in [2.75, 3.05) is 0 Å². The van der Waals surface area contributed by atoms with E-state index in [1.165, 1.54) is 0 Å². The Morgan fingerprint density at radius 2 is 2.33 bits per heavy atom. The lowest BCUT2D eigenvalue weighted by Crippen LogP contribution is -2.23. The molecule has 6 heteroatoms. The van der Waals surface area contributed by atoms with Gasteiger partial charge >= 0.3 is 0 Å². The molecule has 1 amide bonds. The number of carbonyl (C=O) groups excluding carboxylic acids is 1. The highest BCUT2D eigenvalue weighted by atomic mass is 16.1. The van der Waals surface area contributed by atoms with Crippen LogP contribution >= 0.6 is 0 Å². The summed E-state index contributed by atoms with van der Waals surface area (Å²) in [6.07, 6.45) is 5.94. The average molecular weight is 247 g/mol. The second kappa shape index (κ2) is 5.48. The first kappa shape index (κ1) is 12.3. The lowest BCUT2D eigenvalue weighted by molar-refractivity contribution is -0.121. The predicted octanol–water partition coefficient (Wildman–Crippen LogP) is 0.632. The third kappa shape index (κ3) is 3.44. The number of hydrogen-bond acceptors (Lipinski definition) is 3. The summed E-state index contributed by atoms with van der Waals surface area (Å²) in [6.45, 7) is 3.05. The van der Waals surface area contributed by atoms with E-state index < -0.39 is 0 Å². The quantitative estimate of drug-likeness (QED) is 0.843. The van der Waals surface area contributed by atoms with E-state index in [-0.39, 0.29) is 5.91 Å². The maximum Gasteiger partial charge on any atom is 0.222 e. The number of amides is 1. The molecule has 0 radical (unpaired) electrons. The van der Waals surface area contributed by atoms with E-state index in [9.17, 15) is 4.79 Å². The summed E-state index contributed by atoms with van der Waals surface area (Å²) in [5.74, 6) is 0.0204. The molecule has 2 rings (SSSR count). The molecule has 0 aliphatic heterocycles. The SMILES string of the molecule is Cc1ccn(CCC(=O)NCc2cnn(C)c2)n1. The van der Waals surface area contributed by atoms with Gasteiger partial charge in [-0.1, -0.05) is 0 Å². The fraction of sp³-hybridized carbons (Fsp3) is 0.417. The second-order valence-electron chi connectivity index (χ2n) is 4.27. The Bertz CT molecular complexity index is 482. The van der Waals surface area contributed by atoms with Gasteiger partial charge in [0.1, 0.15) is 0 Å². The van der Waals surface area contributed by atoms with Gasteiger partial charge < -0.3 is 5.32 Å². The van der Waals surface area contributed by atoms with Crippen LogP contribution in [0.3, 0.4) is 0 Å². The zero-order valence-electron chi connectivity index (χ0n) is 10.6. The Morgan fingerprint density at radius 3 is 2.94 bits per heavy atom. The number of carbonyl (C=O) groups is 1. The van der Waals surface area contributed by atoms with Crippen molar-refractivity contribution >= 4 is 5.91 Å². The second-order valence-corrected chi connectivity index (χ2v) is 4.27. The number of aromatic nitrogens is 4. The molecule has 0 atom stereocenters. The minimum absolute atomic E-state index is 0.0204. The molecule has 0 spiro atoms.